The molecule has 0 bridgehead atoms. The molecule has 0 amide bonds. The summed E-state index contributed by atoms with van der Waals surface area (Å²) in [5.74, 6) is 2.38. The fourth-order valence-corrected chi connectivity index (χ4v) is 2.36. The Bertz CT molecular complexity index is 549. The lowest BCUT2D eigenvalue weighted by atomic mass is 10.3. The minimum absolute atomic E-state index is 0.877. The zero-order valence-electron chi connectivity index (χ0n) is 10.3. The molecule has 0 aliphatic carbocycles. The van der Waals surface area contributed by atoms with Crippen LogP contribution >= 0.6 is 0 Å². The molecule has 3 rings (SSSR count). The maximum atomic E-state index is 4.62. The summed E-state index contributed by atoms with van der Waals surface area (Å²) < 4.78 is 2.30. The first kappa shape index (κ1) is 10.3. The van der Waals surface area contributed by atoms with Crippen LogP contribution in [-0.2, 0) is 6.42 Å². The van der Waals surface area contributed by atoms with Gasteiger partial charge in [0.25, 0.3) is 5.84 Å². The number of fused-ring (bicyclic) bond motifs is 1. The van der Waals surface area contributed by atoms with E-state index in [-0.39, 0.29) is 0 Å². The average Bonchev–Trinajstić information content (AvgIpc) is 2.87. The van der Waals surface area contributed by atoms with Crippen LogP contribution in [0.3, 0.4) is 0 Å². The van der Waals surface area contributed by atoms with Crippen molar-refractivity contribution in [2.24, 2.45) is 0 Å². The number of likely N-dealkylation sites (N-methyl/N-ethyl adjacent to an activating group) is 2. The zero-order chi connectivity index (χ0) is 11.8. The summed E-state index contributed by atoms with van der Waals surface area (Å²) in [6, 6.07) is 8.17. The molecule has 1 aliphatic rings. The van der Waals surface area contributed by atoms with E-state index in [0.29, 0.717) is 0 Å². The van der Waals surface area contributed by atoms with Gasteiger partial charge in [-0.05, 0) is 12.1 Å². The van der Waals surface area contributed by atoms with Crippen LogP contribution in [0, 0.1) is 0 Å². The maximum Gasteiger partial charge on any atom is 0.254 e. The van der Waals surface area contributed by atoms with E-state index in [2.05, 4.69) is 39.6 Å². The second-order valence-electron chi connectivity index (χ2n) is 4.64. The van der Waals surface area contributed by atoms with Gasteiger partial charge in [0, 0.05) is 0 Å². The van der Waals surface area contributed by atoms with Crippen LogP contribution in [-0.4, -0.2) is 52.5 Å². The van der Waals surface area contributed by atoms with Crippen LogP contribution in [0.5, 0.6) is 0 Å². The number of amidine groups is 1. The lowest BCUT2D eigenvalue weighted by Gasteiger charge is -2.04. The number of hydrogen-bond acceptors (Lipinski definition) is 2. The summed E-state index contributed by atoms with van der Waals surface area (Å²) in [5.41, 5.74) is 2.16. The average molecular weight is 229 g/mol. The molecule has 0 spiro atoms. The standard InChI is InChI=1S/C13H17N4/c1-16-7-8-17(2)13(16)9-12-14-10-5-3-4-6-11(10)15-12/h3-6H,7-9H2,1-2H3,(H,14,15)/q+1. The first-order chi connectivity index (χ1) is 8.24. The van der Waals surface area contributed by atoms with Crippen LogP contribution in [0.25, 0.3) is 11.0 Å². The molecule has 2 heterocycles. The van der Waals surface area contributed by atoms with E-state index in [9.17, 15) is 0 Å². The number of H-pyrrole nitrogens is 1. The molecule has 88 valence electrons. The molecule has 0 saturated heterocycles. The van der Waals surface area contributed by atoms with Crippen molar-refractivity contribution in [3.8, 4) is 0 Å². The van der Waals surface area contributed by atoms with Crippen molar-refractivity contribution < 1.29 is 4.58 Å². The molecule has 17 heavy (non-hydrogen) atoms. The third kappa shape index (κ3) is 1.79. The number of benzene rings is 1. The normalized spacial score (nSPS) is 16.2. The Morgan fingerprint density at radius 3 is 2.94 bits per heavy atom. The second-order valence-corrected chi connectivity index (χ2v) is 4.64. The van der Waals surface area contributed by atoms with Crippen LogP contribution in [0.2, 0.25) is 0 Å². The lowest BCUT2D eigenvalue weighted by Crippen LogP contribution is -2.27. The molecular weight excluding hydrogens is 212 g/mol. The van der Waals surface area contributed by atoms with Crippen molar-refractivity contribution >= 4 is 16.9 Å². The SMILES string of the molecule is CN1CC[N+](C)=C1Cc1nc2ccccc2[nH]1. The summed E-state index contributed by atoms with van der Waals surface area (Å²) in [6.45, 7) is 2.21. The molecule has 0 atom stereocenters. The third-order valence-corrected chi connectivity index (χ3v) is 3.42. The van der Waals surface area contributed by atoms with Crippen LogP contribution < -0.4 is 0 Å². The predicted octanol–water partition coefficient (Wildman–Crippen LogP) is 1.09. The fourth-order valence-electron chi connectivity index (χ4n) is 2.36. The summed E-state index contributed by atoms with van der Waals surface area (Å²) >= 11 is 0. The highest BCUT2D eigenvalue weighted by molar-refractivity contribution is 5.81. The quantitative estimate of drug-likeness (QED) is 0.782. The predicted molar refractivity (Wildman–Crippen MR) is 68.5 cm³/mol. The molecule has 0 fully saturated rings. The molecule has 4 heteroatoms. The van der Waals surface area contributed by atoms with E-state index in [1.54, 1.807) is 0 Å². The highest BCUT2D eigenvalue weighted by Crippen LogP contribution is 2.12. The molecule has 0 radical (unpaired) electrons. The van der Waals surface area contributed by atoms with Gasteiger partial charge in [-0.3, -0.25) is 9.48 Å². The summed E-state index contributed by atoms with van der Waals surface area (Å²) in [6.07, 6.45) is 0.877. The Labute approximate surface area is 101 Å². The highest BCUT2D eigenvalue weighted by Gasteiger charge is 2.25. The lowest BCUT2D eigenvalue weighted by molar-refractivity contribution is -0.487. The van der Waals surface area contributed by atoms with E-state index in [4.69, 9.17) is 0 Å². The number of nitrogens with one attached hydrogen (secondary N) is 1. The largest absolute Gasteiger partial charge is 0.341 e. The van der Waals surface area contributed by atoms with Gasteiger partial charge in [-0.25, -0.2) is 4.98 Å². The van der Waals surface area contributed by atoms with Gasteiger partial charge in [0.05, 0.1) is 25.1 Å². The van der Waals surface area contributed by atoms with Crippen molar-refractivity contribution in [2.75, 3.05) is 27.2 Å². The monoisotopic (exact) mass is 229 g/mol. The topological polar surface area (TPSA) is 34.9 Å². The first-order valence-electron chi connectivity index (χ1n) is 5.96. The summed E-state index contributed by atoms with van der Waals surface area (Å²) in [7, 11) is 4.28. The summed E-state index contributed by atoms with van der Waals surface area (Å²) in [4.78, 5) is 10.3. The Morgan fingerprint density at radius 1 is 1.41 bits per heavy atom. The van der Waals surface area contributed by atoms with Gasteiger partial charge in [0.1, 0.15) is 25.3 Å². The molecule has 1 aliphatic heterocycles. The molecule has 1 aromatic heterocycles. The minimum Gasteiger partial charge on any atom is -0.341 e. The molecular formula is C13H17N4+. The van der Waals surface area contributed by atoms with Crippen LogP contribution in [0.1, 0.15) is 5.82 Å². The minimum atomic E-state index is 0.877. The van der Waals surface area contributed by atoms with E-state index >= 15 is 0 Å². The van der Waals surface area contributed by atoms with Gasteiger partial charge >= 0.3 is 0 Å². The number of rotatable bonds is 2. The zero-order valence-corrected chi connectivity index (χ0v) is 10.3. The number of para-hydroxylation sites is 2. The first-order valence-corrected chi connectivity index (χ1v) is 5.96. The number of hydrogen-bond donors (Lipinski definition) is 1. The van der Waals surface area contributed by atoms with Crippen LogP contribution in [0.15, 0.2) is 24.3 Å². The third-order valence-electron chi connectivity index (χ3n) is 3.42. The smallest absolute Gasteiger partial charge is 0.254 e. The Morgan fingerprint density at radius 2 is 2.24 bits per heavy atom. The Balaban J connectivity index is 1.93. The Kier molecular flexibility index (Phi) is 2.35. The maximum absolute atomic E-state index is 4.62. The van der Waals surface area contributed by atoms with Crippen LogP contribution in [0.4, 0.5) is 0 Å². The van der Waals surface area contributed by atoms with E-state index in [1.807, 2.05) is 18.2 Å². The van der Waals surface area contributed by atoms with Gasteiger partial charge in [0.15, 0.2) is 0 Å². The van der Waals surface area contributed by atoms with Gasteiger partial charge in [-0.1, -0.05) is 12.1 Å². The van der Waals surface area contributed by atoms with Crippen molar-refractivity contribution in [3.05, 3.63) is 30.1 Å². The molecule has 2 aromatic rings. The van der Waals surface area contributed by atoms with Crippen molar-refractivity contribution in [1.29, 1.82) is 0 Å². The molecule has 1 aromatic carbocycles. The highest BCUT2D eigenvalue weighted by atomic mass is 15.3. The molecule has 0 unspecified atom stereocenters. The second kappa shape index (κ2) is 3.87. The molecule has 0 saturated carbocycles. The molecule has 1 N–H and O–H groups in total. The number of imidazole rings is 1. The van der Waals surface area contributed by atoms with Gasteiger partial charge < -0.3 is 4.98 Å². The van der Waals surface area contributed by atoms with Crippen molar-refractivity contribution in [1.82, 2.24) is 14.9 Å². The number of aromatic amines is 1. The Hall–Kier alpha value is -1.84. The van der Waals surface area contributed by atoms with Gasteiger partial charge in [-0.2, -0.15) is 0 Å². The van der Waals surface area contributed by atoms with Gasteiger partial charge in [-0.15, -0.1) is 0 Å². The van der Waals surface area contributed by atoms with E-state index in [0.717, 1.165) is 36.4 Å². The van der Waals surface area contributed by atoms with Gasteiger partial charge in [0.2, 0.25) is 0 Å². The summed E-state index contributed by atoms with van der Waals surface area (Å²) in [5, 5.41) is 0. The fraction of sp³-hybridized carbons (Fsp3) is 0.385. The number of nitrogens with zero attached hydrogens (tertiary/aromatic N) is 3. The van der Waals surface area contributed by atoms with E-state index < -0.39 is 0 Å². The van der Waals surface area contributed by atoms with Crippen molar-refractivity contribution in [3.63, 3.8) is 0 Å². The van der Waals surface area contributed by atoms with E-state index in [1.165, 1.54) is 5.84 Å². The number of aromatic nitrogens is 2. The van der Waals surface area contributed by atoms with Crippen molar-refractivity contribution in [2.45, 2.75) is 6.42 Å². The molecule has 4 nitrogen and oxygen atoms in total.